The fourth-order valence-corrected chi connectivity index (χ4v) is 2.44. The van der Waals surface area contributed by atoms with Gasteiger partial charge in [-0.1, -0.05) is 12.1 Å². The smallest absolute Gasteiger partial charge is 0.327 e. The quantitative estimate of drug-likeness (QED) is 0.858. The van der Waals surface area contributed by atoms with Crippen LogP contribution in [0.1, 0.15) is 37.1 Å². The van der Waals surface area contributed by atoms with Crippen LogP contribution in [0.2, 0.25) is 0 Å². The Kier molecular flexibility index (Phi) is 3.88. The number of esters is 1. The normalized spacial score (nSPS) is 15.9. The molecule has 4 nitrogen and oxygen atoms in total. The number of aromatic nitrogens is 1. The van der Waals surface area contributed by atoms with Crippen molar-refractivity contribution < 1.29 is 9.53 Å². The summed E-state index contributed by atoms with van der Waals surface area (Å²) in [7, 11) is 0. The first-order valence-electron chi connectivity index (χ1n) is 7.47. The number of pyridine rings is 1. The summed E-state index contributed by atoms with van der Waals surface area (Å²) in [5, 5.41) is 4.42. The van der Waals surface area contributed by atoms with Gasteiger partial charge in [0.05, 0.1) is 12.1 Å². The summed E-state index contributed by atoms with van der Waals surface area (Å²) in [6.45, 7) is 4.21. The van der Waals surface area contributed by atoms with Gasteiger partial charge in [-0.15, -0.1) is 0 Å². The Labute approximate surface area is 124 Å². The van der Waals surface area contributed by atoms with Gasteiger partial charge in [0.15, 0.2) is 0 Å². The molecule has 1 unspecified atom stereocenters. The van der Waals surface area contributed by atoms with E-state index in [2.05, 4.69) is 10.3 Å². The molecule has 0 bridgehead atoms. The highest BCUT2D eigenvalue weighted by Gasteiger charge is 2.30. The van der Waals surface area contributed by atoms with Crippen LogP contribution in [0.4, 0.5) is 0 Å². The highest BCUT2D eigenvalue weighted by Crippen LogP contribution is 2.26. The Morgan fingerprint density at radius 2 is 2.19 bits per heavy atom. The Morgan fingerprint density at radius 1 is 1.38 bits per heavy atom. The summed E-state index contributed by atoms with van der Waals surface area (Å²) in [6.07, 6.45) is 2.26. The molecule has 1 aromatic carbocycles. The molecule has 1 atom stereocenters. The number of hydrogen-bond acceptors (Lipinski definition) is 4. The number of ether oxygens (including phenoxy) is 1. The van der Waals surface area contributed by atoms with Crippen molar-refractivity contribution >= 4 is 16.9 Å². The first-order valence-corrected chi connectivity index (χ1v) is 7.47. The van der Waals surface area contributed by atoms with Crippen molar-refractivity contribution in [2.24, 2.45) is 0 Å². The van der Waals surface area contributed by atoms with Gasteiger partial charge in [-0.25, -0.2) is 4.79 Å². The molecule has 1 aromatic heterocycles. The third kappa shape index (κ3) is 3.22. The van der Waals surface area contributed by atoms with Crippen LogP contribution in [0.3, 0.4) is 0 Å². The van der Waals surface area contributed by atoms with Gasteiger partial charge in [0, 0.05) is 17.1 Å². The zero-order chi connectivity index (χ0) is 14.8. The van der Waals surface area contributed by atoms with Crippen LogP contribution in [0, 0.1) is 6.92 Å². The Hall–Kier alpha value is -1.94. The second-order valence-electron chi connectivity index (χ2n) is 5.53. The van der Waals surface area contributed by atoms with E-state index in [0.29, 0.717) is 12.6 Å². The maximum absolute atomic E-state index is 12.2. The standard InChI is InChI=1S/C17H20N2O2/c1-3-21-17(20)16(19-14-7-8-14)13-6-9-15-12(10-13)5-4-11(2)18-15/h4-6,9-10,14,16,19H,3,7-8H2,1-2H3. The van der Waals surface area contributed by atoms with Gasteiger partial charge in [-0.05, 0) is 50.5 Å². The van der Waals surface area contributed by atoms with Crippen molar-refractivity contribution in [1.29, 1.82) is 0 Å². The molecule has 1 N–H and O–H groups in total. The van der Waals surface area contributed by atoms with Gasteiger partial charge in [0.25, 0.3) is 0 Å². The molecule has 0 saturated heterocycles. The van der Waals surface area contributed by atoms with Crippen molar-refractivity contribution in [2.45, 2.75) is 38.8 Å². The molecule has 2 aromatic rings. The van der Waals surface area contributed by atoms with E-state index in [4.69, 9.17) is 4.74 Å². The minimum atomic E-state index is -0.386. The van der Waals surface area contributed by atoms with Crippen LogP contribution in [0.25, 0.3) is 10.9 Å². The van der Waals surface area contributed by atoms with Gasteiger partial charge in [-0.3, -0.25) is 10.3 Å². The van der Waals surface area contributed by atoms with Gasteiger partial charge in [-0.2, -0.15) is 0 Å². The van der Waals surface area contributed by atoms with Gasteiger partial charge in [0.2, 0.25) is 0 Å². The fraction of sp³-hybridized carbons (Fsp3) is 0.412. The van der Waals surface area contributed by atoms with Crippen molar-refractivity contribution in [1.82, 2.24) is 10.3 Å². The fourth-order valence-electron chi connectivity index (χ4n) is 2.44. The van der Waals surface area contributed by atoms with E-state index in [1.54, 1.807) is 0 Å². The summed E-state index contributed by atoms with van der Waals surface area (Å²) in [5.74, 6) is -0.205. The maximum Gasteiger partial charge on any atom is 0.327 e. The van der Waals surface area contributed by atoms with Crippen LogP contribution in [-0.4, -0.2) is 23.6 Å². The highest BCUT2D eigenvalue weighted by atomic mass is 16.5. The minimum absolute atomic E-state index is 0.205. The average molecular weight is 284 g/mol. The molecule has 21 heavy (non-hydrogen) atoms. The third-order valence-electron chi connectivity index (χ3n) is 3.69. The van der Waals surface area contributed by atoms with E-state index < -0.39 is 0 Å². The Morgan fingerprint density at radius 3 is 2.90 bits per heavy atom. The summed E-state index contributed by atoms with van der Waals surface area (Å²) < 4.78 is 5.20. The lowest BCUT2D eigenvalue weighted by Gasteiger charge is -2.18. The number of nitrogens with one attached hydrogen (secondary N) is 1. The van der Waals surface area contributed by atoms with E-state index in [1.807, 2.05) is 44.2 Å². The number of carbonyl (C=O) groups excluding carboxylic acids is 1. The summed E-state index contributed by atoms with van der Waals surface area (Å²) >= 11 is 0. The number of hydrogen-bond donors (Lipinski definition) is 1. The number of rotatable bonds is 5. The van der Waals surface area contributed by atoms with Crippen LogP contribution < -0.4 is 5.32 Å². The van der Waals surface area contributed by atoms with Crippen molar-refractivity contribution in [3.05, 3.63) is 41.6 Å². The molecule has 0 spiro atoms. The number of aryl methyl sites for hydroxylation is 1. The van der Waals surface area contributed by atoms with Crippen molar-refractivity contribution in [3.63, 3.8) is 0 Å². The van der Waals surface area contributed by atoms with Crippen molar-refractivity contribution in [3.8, 4) is 0 Å². The molecular weight excluding hydrogens is 264 g/mol. The lowest BCUT2D eigenvalue weighted by atomic mass is 10.0. The van der Waals surface area contributed by atoms with E-state index in [9.17, 15) is 4.79 Å². The monoisotopic (exact) mass is 284 g/mol. The summed E-state index contributed by atoms with van der Waals surface area (Å²) in [5.41, 5.74) is 2.89. The molecular formula is C17H20N2O2. The highest BCUT2D eigenvalue weighted by molar-refractivity contribution is 5.83. The van der Waals surface area contributed by atoms with Crippen LogP contribution in [0.5, 0.6) is 0 Å². The van der Waals surface area contributed by atoms with E-state index in [0.717, 1.165) is 35.0 Å². The first-order chi connectivity index (χ1) is 10.2. The molecule has 1 aliphatic rings. The summed E-state index contributed by atoms with van der Waals surface area (Å²) in [6, 6.07) is 10.0. The molecule has 3 rings (SSSR count). The molecule has 1 heterocycles. The number of fused-ring (bicyclic) bond motifs is 1. The lowest BCUT2D eigenvalue weighted by Crippen LogP contribution is -2.31. The van der Waals surface area contributed by atoms with E-state index >= 15 is 0 Å². The third-order valence-corrected chi connectivity index (χ3v) is 3.69. The molecule has 0 amide bonds. The summed E-state index contributed by atoms with van der Waals surface area (Å²) in [4.78, 5) is 16.7. The minimum Gasteiger partial charge on any atom is -0.465 e. The number of benzene rings is 1. The largest absolute Gasteiger partial charge is 0.465 e. The average Bonchev–Trinajstić information content (AvgIpc) is 3.28. The van der Waals surface area contributed by atoms with Gasteiger partial charge >= 0.3 is 5.97 Å². The van der Waals surface area contributed by atoms with Crippen molar-refractivity contribution in [2.75, 3.05) is 6.61 Å². The molecule has 1 aliphatic carbocycles. The van der Waals surface area contributed by atoms with Crippen LogP contribution in [-0.2, 0) is 9.53 Å². The predicted molar refractivity (Wildman–Crippen MR) is 82.0 cm³/mol. The molecule has 1 saturated carbocycles. The Balaban J connectivity index is 1.93. The van der Waals surface area contributed by atoms with Gasteiger partial charge in [0.1, 0.15) is 6.04 Å². The molecule has 1 fully saturated rings. The van der Waals surface area contributed by atoms with E-state index in [-0.39, 0.29) is 12.0 Å². The lowest BCUT2D eigenvalue weighted by molar-refractivity contribution is -0.145. The topological polar surface area (TPSA) is 51.2 Å². The zero-order valence-electron chi connectivity index (χ0n) is 12.4. The Bertz CT molecular complexity index is 665. The SMILES string of the molecule is CCOC(=O)C(NC1CC1)c1ccc2nc(C)ccc2c1. The molecule has 110 valence electrons. The first kappa shape index (κ1) is 14.0. The van der Waals surface area contributed by atoms with Crippen LogP contribution in [0.15, 0.2) is 30.3 Å². The zero-order valence-corrected chi connectivity index (χ0v) is 12.4. The molecule has 4 heteroatoms. The predicted octanol–water partition coefficient (Wildman–Crippen LogP) is 2.90. The van der Waals surface area contributed by atoms with E-state index in [1.165, 1.54) is 0 Å². The second kappa shape index (κ2) is 5.82. The molecule has 0 aliphatic heterocycles. The second-order valence-corrected chi connectivity index (χ2v) is 5.53. The number of carbonyl (C=O) groups is 1. The number of nitrogens with zero attached hydrogens (tertiary/aromatic N) is 1. The molecule has 0 radical (unpaired) electrons. The maximum atomic E-state index is 12.2. The van der Waals surface area contributed by atoms with Crippen LogP contribution >= 0.6 is 0 Å². The van der Waals surface area contributed by atoms with Gasteiger partial charge < -0.3 is 4.74 Å².